The fraction of sp³-hybridized carbons (Fsp3) is 0.333. The number of nitrogens with one attached hydrogen (secondary N) is 1. The summed E-state index contributed by atoms with van der Waals surface area (Å²) in [5.41, 5.74) is 4.41. The van der Waals surface area contributed by atoms with Crippen molar-refractivity contribution in [2.75, 3.05) is 11.9 Å². The first kappa shape index (κ1) is 16.7. The molecule has 0 spiro atoms. The topological polar surface area (TPSA) is 63.0 Å². The van der Waals surface area contributed by atoms with Crippen LogP contribution in [0.25, 0.3) is 10.6 Å². The number of anilines is 1. The molecule has 0 bridgehead atoms. The van der Waals surface area contributed by atoms with Crippen LogP contribution in [0.2, 0.25) is 0 Å². The summed E-state index contributed by atoms with van der Waals surface area (Å²) in [6, 6.07) is 8.61. The van der Waals surface area contributed by atoms with Crippen molar-refractivity contribution in [3.8, 4) is 10.6 Å². The van der Waals surface area contributed by atoms with Crippen molar-refractivity contribution in [3.63, 3.8) is 0 Å². The van der Waals surface area contributed by atoms with Crippen LogP contribution in [0.3, 0.4) is 0 Å². The highest BCUT2D eigenvalue weighted by molar-refractivity contribution is 7.15. The second kappa shape index (κ2) is 7.15. The third-order valence-electron chi connectivity index (χ3n) is 3.87. The van der Waals surface area contributed by atoms with Gasteiger partial charge in [0.2, 0.25) is 0 Å². The van der Waals surface area contributed by atoms with Crippen LogP contribution >= 0.6 is 11.3 Å². The number of aryl methyl sites for hydroxylation is 2. The summed E-state index contributed by atoms with van der Waals surface area (Å²) in [7, 11) is 0. The van der Waals surface area contributed by atoms with Crippen molar-refractivity contribution in [1.82, 2.24) is 14.8 Å². The van der Waals surface area contributed by atoms with Crippen LogP contribution in [-0.4, -0.2) is 26.5 Å². The second-order valence-corrected chi connectivity index (χ2v) is 6.95. The number of hydrogen-bond acceptors (Lipinski definition) is 5. The smallest absolute Gasteiger partial charge is 0.123 e. The molecule has 6 heteroatoms. The molecule has 3 rings (SSSR count). The lowest BCUT2D eigenvalue weighted by Crippen LogP contribution is -2.06. The molecule has 126 valence electrons. The van der Waals surface area contributed by atoms with Crippen LogP contribution in [0.15, 0.2) is 36.7 Å². The van der Waals surface area contributed by atoms with Gasteiger partial charge in [0.25, 0.3) is 0 Å². The molecule has 0 aliphatic carbocycles. The molecule has 0 saturated heterocycles. The summed E-state index contributed by atoms with van der Waals surface area (Å²) in [6.45, 7) is 6.86. The molecule has 2 aromatic heterocycles. The Bertz CT molecular complexity index is 807. The zero-order valence-corrected chi connectivity index (χ0v) is 15.0. The molecule has 24 heavy (non-hydrogen) atoms. The van der Waals surface area contributed by atoms with Gasteiger partial charge in [-0.3, -0.25) is 4.68 Å². The Morgan fingerprint density at radius 2 is 2.00 bits per heavy atom. The highest BCUT2D eigenvalue weighted by atomic mass is 32.1. The number of nitrogens with zero attached hydrogens (tertiary/aromatic N) is 3. The standard InChI is InChI=1S/C18H22N4OS/c1-12-4-6-15(7-5-12)18-21-14(3)17(24-18)13(2)20-16-10-19-22(11-16)8-9-23/h4-7,10-11,13,20,23H,8-9H2,1-3H3. The first-order valence-electron chi connectivity index (χ1n) is 8.01. The molecule has 0 aliphatic heterocycles. The van der Waals surface area contributed by atoms with Gasteiger partial charge in [-0.2, -0.15) is 5.10 Å². The van der Waals surface area contributed by atoms with Crippen molar-refractivity contribution in [1.29, 1.82) is 0 Å². The van der Waals surface area contributed by atoms with Gasteiger partial charge < -0.3 is 10.4 Å². The van der Waals surface area contributed by atoms with Crippen LogP contribution in [0, 0.1) is 13.8 Å². The van der Waals surface area contributed by atoms with Crippen LogP contribution in [0.1, 0.15) is 29.1 Å². The predicted molar refractivity (Wildman–Crippen MR) is 98.4 cm³/mol. The van der Waals surface area contributed by atoms with E-state index in [0.29, 0.717) is 6.54 Å². The van der Waals surface area contributed by atoms with Gasteiger partial charge in [0.05, 0.1) is 36.8 Å². The zero-order valence-electron chi connectivity index (χ0n) is 14.2. The summed E-state index contributed by atoms with van der Waals surface area (Å²) in [4.78, 5) is 5.96. The van der Waals surface area contributed by atoms with Crippen LogP contribution in [0.4, 0.5) is 5.69 Å². The van der Waals surface area contributed by atoms with Gasteiger partial charge in [-0.1, -0.05) is 29.8 Å². The molecule has 1 aromatic carbocycles. The van der Waals surface area contributed by atoms with E-state index >= 15 is 0 Å². The van der Waals surface area contributed by atoms with Gasteiger partial charge >= 0.3 is 0 Å². The molecule has 0 fully saturated rings. The minimum Gasteiger partial charge on any atom is -0.394 e. The normalized spacial score (nSPS) is 12.3. The number of thiazole rings is 1. The number of aliphatic hydroxyl groups excluding tert-OH is 1. The number of aliphatic hydroxyl groups is 1. The fourth-order valence-corrected chi connectivity index (χ4v) is 3.68. The minimum absolute atomic E-state index is 0.0878. The highest BCUT2D eigenvalue weighted by Crippen LogP contribution is 2.33. The SMILES string of the molecule is Cc1ccc(-c2nc(C)c(C(C)Nc3cnn(CCO)c3)s2)cc1. The molecule has 2 N–H and O–H groups in total. The van der Waals surface area contributed by atoms with Crippen molar-refractivity contribution in [3.05, 3.63) is 52.8 Å². The van der Waals surface area contributed by atoms with E-state index in [-0.39, 0.29) is 12.6 Å². The molecular formula is C18H22N4OS. The minimum atomic E-state index is 0.0878. The highest BCUT2D eigenvalue weighted by Gasteiger charge is 2.16. The largest absolute Gasteiger partial charge is 0.394 e. The Balaban J connectivity index is 1.77. The molecule has 1 atom stereocenters. The Morgan fingerprint density at radius 3 is 2.71 bits per heavy atom. The molecule has 0 amide bonds. The maximum atomic E-state index is 8.97. The molecular weight excluding hydrogens is 320 g/mol. The Kier molecular flexibility index (Phi) is 4.97. The fourth-order valence-electron chi connectivity index (χ4n) is 2.61. The maximum Gasteiger partial charge on any atom is 0.123 e. The monoisotopic (exact) mass is 342 g/mol. The number of aromatic nitrogens is 3. The molecule has 0 saturated carbocycles. The lowest BCUT2D eigenvalue weighted by molar-refractivity contribution is 0.269. The third-order valence-corrected chi connectivity index (χ3v) is 5.26. The van der Waals surface area contributed by atoms with Crippen LogP contribution in [-0.2, 0) is 6.54 Å². The van der Waals surface area contributed by atoms with E-state index in [2.05, 4.69) is 55.5 Å². The van der Waals surface area contributed by atoms with Gasteiger partial charge in [-0.15, -0.1) is 11.3 Å². The zero-order chi connectivity index (χ0) is 17.1. The van der Waals surface area contributed by atoms with Crippen molar-refractivity contribution < 1.29 is 5.11 Å². The van der Waals surface area contributed by atoms with E-state index in [1.807, 2.05) is 6.20 Å². The van der Waals surface area contributed by atoms with Crippen molar-refractivity contribution in [2.24, 2.45) is 0 Å². The van der Waals surface area contributed by atoms with E-state index in [9.17, 15) is 0 Å². The van der Waals surface area contributed by atoms with E-state index < -0.39 is 0 Å². The summed E-state index contributed by atoms with van der Waals surface area (Å²) < 4.78 is 1.73. The maximum absolute atomic E-state index is 8.97. The lowest BCUT2D eigenvalue weighted by Gasteiger charge is -2.12. The van der Waals surface area contributed by atoms with Gasteiger partial charge in [0, 0.05) is 16.6 Å². The summed E-state index contributed by atoms with van der Waals surface area (Å²) in [6.07, 6.45) is 3.69. The number of rotatable bonds is 6. The average molecular weight is 342 g/mol. The lowest BCUT2D eigenvalue weighted by atomic mass is 10.2. The van der Waals surface area contributed by atoms with Gasteiger partial charge in [-0.25, -0.2) is 4.98 Å². The predicted octanol–water partition coefficient (Wildman–Crippen LogP) is 3.79. The second-order valence-electron chi connectivity index (χ2n) is 5.92. The summed E-state index contributed by atoms with van der Waals surface area (Å²) in [5, 5.41) is 17.7. The van der Waals surface area contributed by atoms with Crippen LogP contribution < -0.4 is 5.32 Å². The van der Waals surface area contributed by atoms with Crippen molar-refractivity contribution >= 4 is 17.0 Å². The average Bonchev–Trinajstić information content (AvgIpc) is 3.15. The molecule has 0 aliphatic rings. The molecule has 3 aromatic rings. The molecule has 5 nitrogen and oxygen atoms in total. The van der Waals surface area contributed by atoms with Gasteiger partial charge in [0.15, 0.2) is 0 Å². The van der Waals surface area contributed by atoms with Crippen molar-refractivity contribution in [2.45, 2.75) is 33.4 Å². The van der Waals surface area contributed by atoms with E-state index in [1.165, 1.54) is 10.4 Å². The Hall–Kier alpha value is -2.18. The Labute approximate surface area is 146 Å². The summed E-state index contributed by atoms with van der Waals surface area (Å²) >= 11 is 1.72. The quantitative estimate of drug-likeness (QED) is 0.715. The van der Waals surface area contributed by atoms with Gasteiger partial charge in [-0.05, 0) is 20.8 Å². The molecule has 0 radical (unpaired) electrons. The molecule has 1 unspecified atom stereocenters. The first-order valence-corrected chi connectivity index (χ1v) is 8.82. The third kappa shape index (κ3) is 3.66. The van der Waals surface area contributed by atoms with E-state index in [4.69, 9.17) is 10.1 Å². The van der Waals surface area contributed by atoms with E-state index in [1.54, 1.807) is 22.2 Å². The first-order chi connectivity index (χ1) is 11.6. The number of hydrogen-bond donors (Lipinski definition) is 2. The Morgan fingerprint density at radius 1 is 1.25 bits per heavy atom. The summed E-state index contributed by atoms with van der Waals surface area (Å²) in [5.74, 6) is 0. The van der Waals surface area contributed by atoms with Crippen LogP contribution in [0.5, 0.6) is 0 Å². The van der Waals surface area contributed by atoms with E-state index in [0.717, 1.165) is 22.0 Å². The van der Waals surface area contributed by atoms with Gasteiger partial charge in [0.1, 0.15) is 5.01 Å². The molecule has 2 heterocycles. The number of benzene rings is 1.